The van der Waals surface area contributed by atoms with E-state index in [9.17, 15) is 18.0 Å². The molecule has 1 aromatic heterocycles. The minimum absolute atomic E-state index is 0.137. The van der Waals surface area contributed by atoms with Crippen LogP contribution in [0, 0.1) is 0 Å². The molecule has 0 aliphatic carbocycles. The van der Waals surface area contributed by atoms with E-state index in [1.165, 1.54) is 0 Å². The maximum absolute atomic E-state index is 11.7. The molecule has 0 bridgehead atoms. The van der Waals surface area contributed by atoms with Gasteiger partial charge in [0.2, 0.25) is 15.9 Å². The number of nitrogens with two attached hydrogens (primary N) is 2. The average Bonchev–Trinajstić information content (AvgIpc) is 2.60. The molecule has 1 amide bonds. The van der Waals surface area contributed by atoms with Crippen LogP contribution in [0.1, 0.15) is 6.42 Å². The fourth-order valence-corrected chi connectivity index (χ4v) is 2.51. The molecule has 1 atom stereocenters. The number of amides is 1. The molecule has 0 radical (unpaired) electrons. The number of anilines is 2. The molecule has 9 nitrogen and oxygen atoms in total. The maximum Gasteiger partial charge on any atom is 0.276 e. The van der Waals surface area contributed by atoms with Crippen molar-refractivity contribution >= 4 is 27.4 Å². The second-order valence-corrected chi connectivity index (χ2v) is 5.73. The van der Waals surface area contributed by atoms with E-state index in [2.05, 4.69) is 9.97 Å². The Bertz CT molecular complexity index is 652. The van der Waals surface area contributed by atoms with E-state index < -0.39 is 26.7 Å². The zero-order valence-electron chi connectivity index (χ0n) is 9.16. The lowest BCUT2D eigenvalue weighted by Crippen LogP contribution is -2.35. The molecule has 1 saturated heterocycles. The van der Waals surface area contributed by atoms with Crippen LogP contribution >= 0.6 is 0 Å². The lowest BCUT2D eigenvalue weighted by molar-refractivity contribution is -0.117. The first kappa shape index (κ1) is 12.5. The highest BCUT2D eigenvalue weighted by Gasteiger charge is 2.39. The number of hydrogen-bond acceptors (Lipinski definition) is 6. The standard InChI is InChI=1S/C8H11N5O4S/c9-7-6(8(15)12-3-11-7)13-2-4(1-5(13)14)18(10,16)17/h3-4H,1-2H2,(H2,10,16,17)(H3,9,11,12,15). The number of carbonyl (C=O) groups is 1. The number of nitrogen functional groups attached to an aromatic ring is 1. The second kappa shape index (κ2) is 4.07. The summed E-state index contributed by atoms with van der Waals surface area (Å²) in [5.74, 6) is -0.665. The average molecular weight is 273 g/mol. The Labute approximate surface area is 102 Å². The quantitative estimate of drug-likeness (QED) is 0.553. The predicted octanol–water partition coefficient (Wildman–Crippen LogP) is -2.25. The SMILES string of the molecule is Nc1nc[nH]c(=O)c1N1CC(S(N)(=O)=O)CC1=O. The van der Waals surface area contributed by atoms with E-state index in [4.69, 9.17) is 10.9 Å². The summed E-state index contributed by atoms with van der Waals surface area (Å²) in [4.78, 5) is 30.2. The lowest BCUT2D eigenvalue weighted by Gasteiger charge is -2.16. The molecular formula is C8H11N5O4S. The van der Waals surface area contributed by atoms with Crippen molar-refractivity contribution in [3.63, 3.8) is 0 Å². The van der Waals surface area contributed by atoms with Gasteiger partial charge in [0.15, 0.2) is 11.5 Å². The zero-order valence-corrected chi connectivity index (χ0v) is 9.98. The number of carbonyl (C=O) groups excluding carboxylic acids is 1. The van der Waals surface area contributed by atoms with Crippen LogP contribution in [0.3, 0.4) is 0 Å². The van der Waals surface area contributed by atoms with Gasteiger partial charge in [-0.15, -0.1) is 0 Å². The van der Waals surface area contributed by atoms with Gasteiger partial charge in [-0.2, -0.15) is 0 Å². The van der Waals surface area contributed by atoms with Gasteiger partial charge in [0.05, 0.1) is 6.33 Å². The van der Waals surface area contributed by atoms with Gasteiger partial charge >= 0.3 is 0 Å². The molecule has 2 rings (SSSR count). The Morgan fingerprint density at radius 2 is 2.11 bits per heavy atom. The monoisotopic (exact) mass is 273 g/mol. The van der Waals surface area contributed by atoms with E-state index in [1.54, 1.807) is 0 Å². The molecule has 10 heteroatoms. The second-order valence-electron chi connectivity index (χ2n) is 3.89. The van der Waals surface area contributed by atoms with E-state index in [0.29, 0.717) is 0 Å². The Hall–Kier alpha value is -1.94. The van der Waals surface area contributed by atoms with Crippen LogP contribution in [-0.2, 0) is 14.8 Å². The Balaban J connectivity index is 2.42. The van der Waals surface area contributed by atoms with Gasteiger partial charge in [0.1, 0.15) is 5.25 Å². The Kier molecular flexibility index (Phi) is 2.83. The minimum atomic E-state index is -3.84. The molecule has 0 saturated carbocycles. The number of nitrogens with one attached hydrogen (secondary N) is 1. The third-order valence-corrected chi connectivity index (χ3v) is 3.93. The van der Waals surface area contributed by atoms with Gasteiger partial charge < -0.3 is 15.6 Å². The molecule has 0 aromatic carbocycles. The first-order chi connectivity index (χ1) is 8.30. The number of H-pyrrole nitrogens is 1. The molecule has 98 valence electrons. The number of sulfonamides is 1. The molecule has 1 fully saturated rings. The number of aromatic nitrogens is 2. The lowest BCUT2D eigenvalue weighted by atomic mass is 10.4. The normalized spacial score (nSPS) is 20.4. The largest absolute Gasteiger partial charge is 0.382 e. The number of rotatable bonds is 2. The Morgan fingerprint density at radius 1 is 1.44 bits per heavy atom. The highest BCUT2D eigenvalue weighted by atomic mass is 32.2. The maximum atomic E-state index is 11.7. The van der Waals surface area contributed by atoms with E-state index >= 15 is 0 Å². The summed E-state index contributed by atoms with van der Waals surface area (Å²) in [6.45, 7) is -0.198. The third kappa shape index (κ3) is 2.07. The summed E-state index contributed by atoms with van der Waals surface area (Å²) in [5, 5.41) is 3.94. The number of aromatic amines is 1. The van der Waals surface area contributed by atoms with E-state index in [0.717, 1.165) is 11.2 Å². The van der Waals surface area contributed by atoms with Crippen LogP contribution in [0.25, 0.3) is 0 Å². The van der Waals surface area contributed by atoms with Gasteiger partial charge in [0.25, 0.3) is 5.56 Å². The first-order valence-corrected chi connectivity index (χ1v) is 6.57. The molecule has 1 unspecified atom stereocenters. The third-order valence-electron chi connectivity index (χ3n) is 2.68. The summed E-state index contributed by atoms with van der Waals surface area (Å²) in [6.07, 6.45) is 0.825. The zero-order chi connectivity index (χ0) is 13.5. The summed E-state index contributed by atoms with van der Waals surface area (Å²) in [7, 11) is -3.84. The van der Waals surface area contributed by atoms with Crippen LogP contribution in [0.4, 0.5) is 11.5 Å². The topological polar surface area (TPSA) is 152 Å². The van der Waals surface area contributed by atoms with Crippen LogP contribution < -0.4 is 21.3 Å². The first-order valence-electron chi connectivity index (χ1n) is 4.96. The van der Waals surface area contributed by atoms with Crippen LogP contribution in [0.5, 0.6) is 0 Å². The molecule has 0 spiro atoms. The summed E-state index contributed by atoms with van der Waals surface area (Å²) in [6, 6.07) is 0. The number of hydrogen-bond donors (Lipinski definition) is 3. The van der Waals surface area contributed by atoms with Crippen molar-refractivity contribution in [1.82, 2.24) is 9.97 Å². The highest BCUT2D eigenvalue weighted by molar-refractivity contribution is 7.89. The van der Waals surface area contributed by atoms with Crippen molar-refractivity contribution in [2.45, 2.75) is 11.7 Å². The van der Waals surface area contributed by atoms with Crippen molar-refractivity contribution in [2.75, 3.05) is 17.2 Å². The molecular weight excluding hydrogens is 262 g/mol. The summed E-state index contributed by atoms with van der Waals surface area (Å²) in [5.41, 5.74) is 4.76. The highest BCUT2D eigenvalue weighted by Crippen LogP contribution is 2.24. The van der Waals surface area contributed by atoms with Crippen LogP contribution in [0.15, 0.2) is 11.1 Å². The summed E-state index contributed by atoms with van der Waals surface area (Å²) >= 11 is 0. The van der Waals surface area contributed by atoms with Crippen molar-refractivity contribution in [3.8, 4) is 0 Å². The van der Waals surface area contributed by atoms with Gasteiger partial charge in [-0.25, -0.2) is 18.5 Å². The molecule has 1 aliphatic rings. The van der Waals surface area contributed by atoms with Crippen molar-refractivity contribution < 1.29 is 13.2 Å². The summed E-state index contributed by atoms with van der Waals surface area (Å²) < 4.78 is 22.4. The molecule has 1 aromatic rings. The van der Waals surface area contributed by atoms with Crippen molar-refractivity contribution in [1.29, 1.82) is 0 Å². The van der Waals surface area contributed by atoms with Gasteiger partial charge in [-0.1, -0.05) is 0 Å². The molecule has 1 aliphatic heterocycles. The van der Waals surface area contributed by atoms with Gasteiger partial charge in [-0.05, 0) is 0 Å². The molecule has 2 heterocycles. The minimum Gasteiger partial charge on any atom is -0.382 e. The Morgan fingerprint density at radius 3 is 2.61 bits per heavy atom. The number of primary sulfonamides is 1. The fourth-order valence-electron chi connectivity index (χ4n) is 1.78. The smallest absolute Gasteiger partial charge is 0.276 e. The van der Waals surface area contributed by atoms with Gasteiger partial charge in [0, 0.05) is 13.0 Å². The van der Waals surface area contributed by atoms with Crippen LogP contribution in [0.2, 0.25) is 0 Å². The number of nitrogens with zero attached hydrogens (tertiary/aromatic N) is 2. The molecule has 18 heavy (non-hydrogen) atoms. The van der Waals surface area contributed by atoms with Crippen molar-refractivity contribution in [3.05, 3.63) is 16.7 Å². The van der Waals surface area contributed by atoms with Gasteiger partial charge in [-0.3, -0.25) is 9.59 Å². The van der Waals surface area contributed by atoms with Crippen molar-refractivity contribution in [2.24, 2.45) is 5.14 Å². The predicted molar refractivity (Wildman–Crippen MR) is 63.1 cm³/mol. The fraction of sp³-hybridized carbons (Fsp3) is 0.375. The molecule has 5 N–H and O–H groups in total. The van der Waals surface area contributed by atoms with E-state index in [1.807, 2.05) is 0 Å². The van der Waals surface area contributed by atoms with E-state index in [-0.39, 0.29) is 24.5 Å². The van der Waals surface area contributed by atoms with Crippen LogP contribution in [-0.4, -0.2) is 36.1 Å².